The summed E-state index contributed by atoms with van der Waals surface area (Å²) >= 11 is 0. The van der Waals surface area contributed by atoms with Crippen molar-refractivity contribution >= 4 is 11.9 Å². The van der Waals surface area contributed by atoms with Crippen LogP contribution < -0.4 is 0 Å². The van der Waals surface area contributed by atoms with E-state index in [1.165, 1.54) is 0 Å². The second-order valence-corrected chi connectivity index (χ2v) is 6.87. The molecule has 0 aromatic rings. The summed E-state index contributed by atoms with van der Waals surface area (Å²) in [4.78, 5) is 26.0. The highest BCUT2D eigenvalue weighted by Gasteiger charge is 2.54. The van der Waals surface area contributed by atoms with Gasteiger partial charge in [-0.25, -0.2) is 0 Å². The summed E-state index contributed by atoms with van der Waals surface area (Å²) < 4.78 is 5.43. The molecular weight excluding hydrogens is 270 g/mol. The highest BCUT2D eigenvalue weighted by atomic mass is 16.5. The zero-order valence-electron chi connectivity index (χ0n) is 13.3. The zero-order valence-corrected chi connectivity index (χ0v) is 13.3. The summed E-state index contributed by atoms with van der Waals surface area (Å²) in [5, 5.41) is 9.62. The first-order valence-corrected chi connectivity index (χ1v) is 7.99. The van der Waals surface area contributed by atoms with Crippen LogP contribution in [0, 0.1) is 23.2 Å². The number of nitrogens with zero attached hydrogens (tertiary/aromatic N) is 1. The van der Waals surface area contributed by atoms with Crippen LogP contribution in [0.1, 0.15) is 40.0 Å². The number of carbonyl (C=O) groups excluding carboxylic acids is 1. The van der Waals surface area contributed by atoms with Gasteiger partial charge >= 0.3 is 5.97 Å². The Morgan fingerprint density at radius 2 is 2.14 bits per heavy atom. The molecule has 0 aliphatic carbocycles. The molecule has 0 aromatic carbocycles. The van der Waals surface area contributed by atoms with Gasteiger partial charge in [-0.3, -0.25) is 9.59 Å². The number of carboxylic acids is 1. The summed E-state index contributed by atoms with van der Waals surface area (Å²) in [6.07, 6.45) is 2.02. The summed E-state index contributed by atoms with van der Waals surface area (Å²) in [5.41, 5.74) is -0.784. The third-order valence-electron chi connectivity index (χ3n) is 5.39. The number of carboxylic acid groups (broad SMARTS) is 1. The van der Waals surface area contributed by atoms with Crippen LogP contribution >= 0.6 is 0 Å². The van der Waals surface area contributed by atoms with E-state index in [1.807, 2.05) is 0 Å². The average molecular weight is 297 g/mol. The van der Waals surface area contributed by atoms with Crippen molar-refractivity contribution in [3.05, 3.63) is 0 Å². The first-order chi connectivity index (χ1) is 9.90. The molecule has 3 atom stereocenters. The van der Waals surface area contributed by atoms with E-state index in [2.05, 4.69) is 20.8 Å². The third kappa shape index (κ3) is 3.07. The Morgan fingerprint density at radius 3 is 2.67 bits per heavy atom. The number of hydrogen-bond acceptors (Lipinski definition) is 3. The van der Waals surface area contributed by atoms with Crippen LogP contribution in [0.2, 0.25) is 0 Å². The van der Waals surface area contributed by atoms with Crippen molar-refractivity contribution in [1.82, 2.24) is 4.90 Å². The molecular formula is C16H27NO4. The molecule has 1 N–H and O–H groups in total. The number of ether oxygens (including phenoxy) is 1. The van der Waals surface area contributed by atoms with Crippen molar-refractivity contribution in [3.8, 4) is 0 Å². The number of carbonyl (C=O) groups is 2. The van der Waals surface area contributed by atoms with Gasteiger partial charge in [-0.05, 0) is 18.3 Å². The Morgan fingerprint density at radius 1 is 1.43 bits per heavy atom. The molecule has 0 spiro atoms. The lowest BCUT2D eigenvalue weighted by Crippen LogP contribution is -2.45. The van der Waals surface area contributed by atoms with E-state index >= 15 is 0 Å². The molecule has 0 saturated carbocycles. The van der Waals surface area contributed by atoms with E-state index in [0.29, 0.717) is 51.0 Å². The maximum absolute atomic E-state index is 12.5. The fourth-order valence-electron chi connectivity index (χ4n) is 3.69. The lowest BCUT2D eigenvalue weighted by atomic mass is 9.74. The average Bonchev–Trinajstić information content (AvgIpc) is 2.85. The molecule has 2 saturated heterocycles. The number of hydrogen-bond donors (Lipinski definition) is 1. The van der Waals surface area contributed by atoms with Crippen molar-refractivity contribution < 1.29 is 19.4 Å². The van der Waals surface area contributed by atoms with Gasteiger partial charge in [0.2, 0.25) is 5.91 Å². The van der Waals surface area contributed by atoms with Crippen molar-refractivity contribution in [2.24, 2.45) is 23.2 Å². The predicted octanol–water partition coefficient (Wildman–Crippen LogP) is 2.01. The van der Waals surface area contributed by atoms with Crippen LogP contribution in [-0.4, -0.2) is 48.2 Å². The molecule has 5 heteroatoms. The van der Waals surface area contributed by atoms with E-state index in [-0.39, 0.29) is 11.8 Å². The molecule has 2 aliphatic rings. The predicted molar refractivity (Wildman–Crippen MR) is 78.8 cm³/mol. The van der Waals surface area contributed by atoms with Crippen LogP contribution in [-0.2, 0) is 14.3 Å². The fourth-order valence-corrected chi connectivity index (χ4v) is 3.69. The molecule has 2 fully saturated rings. The SMILES string of the molecule is CCC(CC(=O)N1C[C@H]2COCC[C@@]2(C(=O)O)C1)C(C)C. The van der Waals surface area contributed by atoms with Crippen LogP contribution in [0.15, 0.2) is 0 Å². The van der Waals surface area contributed by atoms with Gasteiger partial charge in [0.1, 0.15) is 0 Å². The molecule has 2 rings (SSSR count). The number of rotatable bonds is 5. The minimum absolute atomic E-state index is 0.0631. The van der Waals surface area contributed by atoms with Crippen molar-refractivity contribution in [2.75, 3.05) is 26.3 Å². The van der Waals surface area contributed by atoms with Gasteiger partial charge in [-0.1, -0.05) is 27.2 Å². The van der Waals surface area contributed by atoms with Gasteiger partial charge in [0.15, 0.2) is 0 Å². The van der Waals surface area contributed by atoms with Crippen LogP contribution in [0.3, 0.4) is 0 Å². The van der Waals surface area contributed by atoms with Gasteiger partial charge in [0.25, 0.3) is 0 Å². The summed E-state index contributed by atoms with van der Waals surface area (Å²) in [5.74, 6) is 0.108. The molecule has 0 bridgehead atoms. The lowest BCUT2D eigenvalue weighted by molar-refractivity contribution is -0.157. The van der Waals surface area contributed by atoms with E-state index in [0.717, 1.165) is 6.42 Å². The Balaban J connectivity index is 2.06. The highest BCUT2D eigenvalue weighted by Crippen LogP contribution is 2.42. The minimum Gasteiger partial charge on any atom is -0.481 e. The smallest absolute Gasteiger partial charge is 0.311 e. The van der Waals surface area contributed by atoms with Gasteiger partial charge in [-0.2, -0.15) is 0 Å². The fraction of sp³-hybridized carbons (Fsp3) is 0.875. The van der Waals surface area contributed by atoms with Crippen LogP contribution in [0.4, 0.5) is 0 Å². The molecule has 2 heterocycles. The maximum atomic E-state index is 12.5. The Labute approximate surface area is 126 Å². The number of aliphatic carboxylic acids is 1. The van der Waals surface area contributed by atoms with Crippen LogP contribution in [0.5, 0.6) is 0 Å². The third-order valence-corrected chi connectivity index (χ3v) is 5.39. The zero-order chi connectivity index (χ0) is 15.6. The van der Waals surface area contributed by atoms with E-state index in [1.54, 1.807) is 4.90 Å². The number of fused-ring (bicyclic) bond motifs is 1. The van der Waals surface area contributed by atoms with Crippen LogP contribution in [0.25, 0.3) is 0 Å². The first-order valence-electron chi connectivity index (χ1n) is 7.99. The molecule has 5 nitrogen and oxygen atoms in total. The molecule has 2 aliphatic heterocycles. The molecule has 0 radical (unpaired) electrons. The highest BCUT2D eigenvalue weighted by molar-refractivity contribution is 5.81. The van der Waals surface area contributed by atoms with Gasteiger partial charge in [-0.15, -0.1) is 0 Å². The van der Waals surface area contributed by atoms with E-state index in [9.17, 15) is 14.7 Å². The first kappa shape index (κ1) is 16.3. The minimum atomic E-state index is -0.784. The summed E-state index contributed by atoms with van der Waals surface area (Å²) in [7, 11) is 0. The normalized spacial score (nSPS) is 30.3. The van der Waals surface area contributed by atoms with Crippen molar-refractivity contribution in [2.45, 2.75) is 40.0 Å². The largest absolute Gasteiger partial charge is 0.481 e. The Hall–Kier alpha value is -1.10. The molecule has 1 unspecified atom stereocenters. The maximum Gasteiger partial charge on any atom is 0.311 e. The summed E-state index contributed by atoms with van der Waals surface area (Å²) in [6.45, 7) is 8.19. The van der Waals surface area contributed by atoms with E-state index in [4.69, 9.17) is 4.74 Å². The lowest BCUT2D eigenvalue weighted by Gasteiger charge is -2.33. The molecule has 120 valence electrons. The Bertz CT molecular complexity index is 409. The number of amides is 1. The molecule has 0 aromatic heterocycles. The van der Waals surface area contributed by atoms with Gasteiger partial charge in [0, 0.05) is 32.0 Å². The van der Waals surface area contributed by atoms with Crippen molar-refractivity contribution in [1.29, 1.82) is 0 Å². The second-order valence-electron chi connectivity index (χ2n) is 6.87. The topological polar surface area (TPSA) is 66.8 Å². The van der Waals surface area contributed by atoms with E-state index < -0.39 is 11.4 Å². The standard InChI is InChI=1S/C16H27NO4/c1-4-12(11(2)3)7-14(18)17-8-13-9-21-6-5-16(13,10-17)15(19)20/h11-13H,4-10H2,1-3H3,(H,19,20)/t12?,13-,16+/m0/s1. The quantitative estimate of drug-likeness (QED) is 0.843. The number of likely N-dealkylation sites (tertiary alicyclic amines) is 1. The van der Waals surface area contributed by atoms with Crippen molar-refractivity contribution in [3.63, 3.8) is 0 Å². The summed E-state index contributed by atoms with van der Waals surface area (Å²) in [6, 6.07) is 0. The molecule has 21 heavy (non-hydrogen) atoms. The van der Waals surface area contributed by atoms with Gasteiger partial charge < -0.3 is 14.7 Å². The molecule has 1 amide bonds. The monoisotopic (exact) mass is 297 g/mol. The van der Waals surface area contributed by atoms with Gasteiger partial charge in [0.05, 0.1) is 12.0 Å². The Kier molecular flexibility index (Phi) is 4.91. The second kappa shape index (κ2) is 6.34.